The van der Waals surface area contributed by atoms with Crippen LogP contribution < -0.4 is 10.5 Å². The van der Waals surface area contributed by atoms with E-state index in [1.165, 1.54) is 5.56 Å². The minimum Gasteiger partial charge on any atom is -0.491 e. The first-order chi connectivity index (χ1) is 8.24. The molecule has 0 radical (unpaired) electrons. The molecule has 0 aromatic heterocycles. The van der Waals surface area contributed by atoms with Crippen LogP contribution in [-0.4, -0.2) is 26.4 Å². The van der Waals surface area contributed by atoms with Crippen LogP contribution in [0.15, 0.2) is 24.3 Å². The average Bonchev–Trinajstić information content (AvgIpc) is 2.31. The molecule has 0 saturated carbocycles. The first-order valence-electron chi connectivity index (χ1n) is 6.22. The minimum absolute atomic E-state index is 0.569. The first-order valence-corrected chi connectivity index (χ1v) is 6.22. The third-order valence-electron chi connectivity index (χ3n) is 2.32. The number of ether oxygens (including phenoxy) is 2. The Morgan fingerprint density at radius 3 is 2.65 bits per heavy atom. The summed E-state index contributed by atoms with van der Waals surface area (Å²) in [6.45, 7) is 6.93. The summed E-state index contributed by atoms with van der Waals surface area (Å²) in [6, 6.07) is 8.02. The third kappa shape index (κ3) is 5.71. The van der Waals surface area contributed by atoms with Crippen LogP contribution in [-0.2, 0) is 11.2 Å². The Kier molecular flexibility index (Phi) is 6.67. The van der Waals surface area contributed by atoms with Gasteiger partial charge in [0.1, 0.15) is 12.4 Å². The van der Waals surface area contributed by atoms with Gasteiger partial charge in [-0.05, 0) is 30.5 Å². The van der Waals surface area contributed by atoms with Gasteiger partial charge in [0.05, 0.1) is 6.61 Å². The number of benzene rings is 1. The van der Waals surface area contributed by atoms with E-state index in [0.29, 0.717) is 25.7 Å². The maximum atomic E-state index is 5.69. The first kappa shape index (κ1) is 14.0. The number of para-hydroxylation sites is 1. The molecule has 0 fully saturated rings. The van der Waals surface area contributed by atoms with Gasteiger partial charge in [0.2, 0.25) is 0 Å². The van der Waals surface area contributed by atoms with Crippen molar-refractivity contribution in [2.45, 2.75) is 20.3 Å². The van der Waals surface area contributed by atoms with Gasteiger partial charge in [-0.25, -0.2) is 0 Å². The van der Waals surface area contributed by atoms with E-state index in [1.807, 2.05) is 18.2 Å². The fourth-order valence-electron chi connectivity index (χ4n) is 1.54. The molecule has 1 aromatic rings. The standard InChI is InChI=1S/C14H23NO2/c1-12(2)11-16-9-10-17-14-6-4-3-5-13(14)7-8-15/h3-6,12H,7-11,15H2,1-2H3. The van der Waals surface area contributed by atoms with Crippen LogP contribution in [0.3, 0.4) is 0 Å². The van der Waals surface area contributed by atoms with Crippen LogP contribution in [0, 0.1) is 5.92 Å². The maximum absolute atomic E-state index is 5.69. The molecule has 3 nitrogen and oxygen atoms in total. The zero-order valence-electron chi connectivity index (χ0n) is 10.8. The van der Waals surface area contributed by atoms with Crippen LogP contribution >= 0.6 is 0 Å². The summed E-state index contributed by atoms with van der Waals surface area (Å²) in [5.41, 5.74) is 6.72. The van der Waals surface area contributed by atoms with Gasteiger partial charge in [-0.1, -0.05) is 32.0 Å². The monoisotopic (exact) mass is 237 g/mol. The normalized spacial score (nSPS) is 10.8. The van der Waals surface area contributed by atoms with Gasteiger partial charge in [0, 0.05) is 6.61 Å². The van der Waals surface area contributed by atoms with Crippen molar-refractivity contribution in [3.63, 3.8) is 0 Å². The van der Waals surface area contributed by atoms with E-state index in [2.05, 4.69) is 19.9 Å². The van der Waals surface area contributed by atoms with E-state index in [9.17, 15) is 0 Å². The van der Waals surface area contributed by atoms with Crippen LogP contribution in [0.1, 0.15) is 19.4 Å². The van der Waals surface area contributed by atoms with Crippen molar-refractivity contribution < 1.29 is 9.47 Å². The molecular weight excluding hydrogens is 214 g/mol. The molecule has 0 aliphatic heterocycles. The summed E-state index contributed by atoms with van der Waals surface area (Å²) in [5, 5.41) is 0. The van der Waals surface area contributed by atoms with Gasteiger partial charge < -0.3 is 15.2 Å². The molecule has 0 bridgehead atoms. The Bertz CT molecular complexity index is 313. The molecule has 0 heterocycles. The van der Waals surface area contributed by atoms with Crippen molar-refractivity contribution in [3.05, 3.63) is 29.8 Å². The molecule has 1 rings (SSSR count). The summed E-state index contributed by atoms with van der Waals surface area (Å²) in [6.07, 6.45) is 0.850. The average molecular weight is 237 g/mol. The van der Waals surface area contributed by atoms with E-state index < -0.39 is 0 Å². The molecule has 3 heteroatoms. The quantitative estimate of drug-likeness (QED) is 0.705. The van der Waals surface area contributed by atoms with Crippen molar-refractivity contribution in [1.82, 2.24) is 0 Å². The Hall–Kier alpha value is -1.06. The van der Waals surface area contributed by atoms with E-state index in [1.54, 1.807) is 0 Å². The van der Waals surface area contributed by atoms with Crippen molar-refractivity contribution in [2.24, 2.45) is 11.7 Å². The molecule has 1 aromatic carbocycles. The molecule has 2 N–H and O–H groups in total. The predicted molar refractivity (Wildman–Crippen MR) is 70.4 cm³/mol. The highest BCUT2D eigenvalue weighted by Crippen LogP contribution is 2.17. The van der Waals surface area contributed by atoms with Crippen molar-refractivity contribution in [2.75, 3.05) is 26.4 Å². The SMILES string of the molecule is CC(C)COCCOc1ccccc1CCN. The van der Waals surface area contributed by atoms with Gasteiger partial charge in [-0.2, -0.15) is 0 Å². The second-order valence-corrected chi connectivity index (χ2v) is 4.46. The molecule has 0 atom stereocenters. The molecule has 96 valence electrons. The number of rotatable bonds is 8. The summed E-state index contributed by atoms with van der Waals surface area (Å²) < 4.78 is 11.2. The van der Waals surface area contributed by atoms with E-state index in [-0.39, 0.29) is 0 Å². The Morgan fingerprint density at radius 1 is 1.18 bits per heavy atom. The molecule has 0 unspecified atom stereocenters. The fourth-order valence-corrected chi connectivity index (χ4v) is 1.54. The van der Waals surface area contributed by atoms with Crippen molar-refractivity contribution in [3.8, 4) is 5.75 Å². The maximum Gasteiger partial charge on any atom is 0.122 e. The highest BCUT2D eigenvalue weighted by molar-refractivity contribution is 5.33. The largest absolute Gasteiger partial charge is 0.491 e. The van der Waals surface area contributed by atoms with Gasteiger partial charge >= 0.3 is 0 Å². The second kappa shape index (κ2) is 8.09. The fraction of sp³-hybridized carbons (Fsp3) is 0.571. The number of nitrogens with two attached hydrogens (primary N) is 1. The zero-order valence-corrected chi connectivity index (χ0v) is 10.8. The lowest BCUT2D eigenvalue weighted by atomic mass is 10.1. The van der Waals surface area contributed by atoms with Crippen LogP contribution in [0.5, 0.6) is 5.75 Å². The summed E-state index contributed by atoms with van der Waals surface area (Å²) >= 11 is 0. The number of hydrogen-bond donors (Lipinski definition) is 1. The van der Waals surface area contributed by atoms with Crippen LogP contribution in [0.25, 0.3) is 0 Å². The minimum atomic E-state index is 0.569. The highest BCUT2D eigenvalue weighted by atomic mass is 16.5. The van der Waals surface area contributed by atoms with Crippen LogP contribution in [0.2, 0.25) is 0 Å². The van der Waals surface area contributed by atoms with Gasteiger partial charge in [0.25, 0.3) is 0 Å². The van der Waals surface area contributed by atoms with Gasteiger partial charge in [-0.15, -0.1) is 0 Å². The molecule has 17 heavy (non-hydrogen) atoms. The highest BCUT2D eigenvalue weighted by Gasteiger charge is 2.01. The third-order valence-corrected chi connectivity index (χ3v) is 2.32. The Balaban J connectivity index is 2.30. The summed E-state index contributed by atoms with van der Waals surface area (Å²) in [5.74, 6) is 1.49. The molecule has 0 amide bonds. The summed E-state index contributed by atoms with van der Waals surface area (Å²) in [4.78, 5) is 0. The lowest BCUT2D eigenvalue weighted by Gasteiger charge is -2.11. The lowest BCUT2D eigenvalue weighted by Crippen LogP contribution is -2.11. The Morgan fingerprint density at radius 2 is 1.94 bits per heavy atom. The smallest absolute Gasteiger partial charge is 0.122 e. The predicted octanol–water partition coefficient (Wildman–Crippen LogP) is 2.24. The second-order valence-electron chi connectivity index (χ2n) is 4.46. The zero-order chi connectivity index (χ0) is 12.5. The van der Waals surface area contributed by atoms with E-state index in [0.717, 1.165) is 18.8 Å². The van der Waals surface area contributed by atoms with E-state index in [4.69, 9.17) is 15.2 Å². The van der Waals surface area contributed by atoms with Gasteiger partial charge in [-0.3, -0.25) is 0 Å². The molecular formula is C14H23NO2. The molecule has 0 aliphatic carbocycles. The summed E-state index contributed by atoms with van der Waals surface area (Å²) in [7, 11) is 0. The topological polar surface area (TPSA) is 44.5 Å². The van der Waals surface area contributed by atoms with Gasteiger partial charge in [0.15, 0.2) is 0 Å². The lowest BCUT2D eigenvalue weighted by molar-refractivity contribution is 0.0816. The van der Waals surface area contributed by atoms with E-state index >= 15 is 0 Å². The van der Waals surface area contributed by atoms with Crippen molar-refractivity contribution >= 4 is 0 Å². The molecule has 0 spiro atoms. The van der Waals surface area contributed by atoms with Crippen LogP contribution in [0.4, 0.5) is 0 Å². The Labute approximate surface area is 104 Å². The van der Waals surface area contributed by atoms with Crippen molar-refractivity contribution in [1.29, 1.82) is 0 Å². The molecule has 0 aliphatic rings. The number of hydrogen-bond acceptors (Lipinski definition) is 3. The molecule has 0 saturated heterocycles.